The van der Waals surface area contributed by atoms with Crippen LogP contribution in [0.2, 0.25) is 0 Å². The maximum atomic E-state index is 12.9. The lowest BCUT2D eigenvalue weighted by Crippen LogP contribution is -2.54. The number of hydrogen-bond acceptors (Lipinski definition) is 5. The summed E-state index contributed by atoms with van der Waals surface area (Å²) in [5, 5.41) is 4.25. The Kier molecular flexibility index (Phi) is 5.79. The second-order valence-electron chi connectivity index (χ2n) is 7.06. The highest BCUT2D eigenvalue weighted by molar-refractivity contribution is 7.86. The van der Waals surface area contributed by atoms with E-state index < -0.39 is 10.2 Å². The molecule has 3 heterocycles. The second kappa shape index (κ2) is 7.71. The number of ether oxygens (including phenoxy) is 1. The third-order valence-corrected chi connectivity index (χ3v) is 6.94. The summed E-state index contributed by atoms with van der Waals surface area (Å²) in [6.07, 6.45) is 7.12. The fourth-order valence-electron chi connectivity index (χ4n) is 3.70. The van der Waals surface area contributed by atoms with Gasteiger partial charge in [-0.05, 0) is 25.9 Å². The first-order valence-corrected chi connectivity index (χ1v) is 10.3. The third kappa shape index (κ3) is 4.06. The zero-order chi connectivity index (χ0) is 18.0. The van der Waals surface area contributed by atoms with E-state index in [1.54, 1.807) is 29.3 Å². The highest BCUT2D eigenvalue weighted by Crippen LogP contribution is 2.33. The van der Waals surface area contributed by atoms with Crippen LogP contribution in [-0.2, 0) is 22.0 Å². The van der Waals surface area contributed by atoms with Crippen molar-refractivity contribution in [1.29, 1.82) is 0 Å². The fraction of sp³-hybridized carbons (Fsp3) is 0.812. The molecule has 2 saturated heterocycles. The van der Waals surface area contributed by atoms with Crippen molar-refractivity contribution in [2.24, 2.45) is 7.05 Å². The number of aromatic nitrogens is 2. The van der Waals surface area contributed by atoms with Crippen molar-refractivity contribution in [3.05, 3.63) is 18.0 Å². The van der Waals surface area contributed by atoms with Crippen LogP contribution in [0.4, 0.5) is 0 Å². The highest BCUT2D eigenvalue weighted by atomic mass is 32.2. The van der Waals surface area contributed by atoms with E-state index in [1.165, 1.54) is 23.6 Å². The van der Waals surface area contributed by atoms with Gasteiger partial charge in [0.15, 0.2) is 0 Å². The van der Waals surface area contributed by atoms with Gasteiger partial charge in [-0.2, -0.15) is 22.1 Å². The number of hydrogen-bond donors (Lipinski definition) is 0. The molecular weight excluding hydrogens is 342 g/mol. The lowest BCUT2D eigenvalue weighted by molar-refractivity contribution is -0.0597. The van der Waals surface area contributed by atoms with E-state index in [0.29, 0.717) is 13.2 Å². The number of piperidine rings is 1. The van der Waals surface area contributed by atoms with Gasteiger partial charge in [-0.3, -0.25) is 4.68 Å². The molecule has 0 radical (unpaired) electrons. The van der Waals surface area contributed by atoms with Gasteiger partial charge < -0.3 is 9.64 Å². The van der Waals surface area contributed by atoms with Crippen molar-refractivity contribution in [1.82, 2.24) is 23.3 Å². The van der Waals surface area contributed by atoms with Crippen LogP contribution in [0.3, 0.4) is 0 Å². The van der Waals surface area contributed by atoms with Crippen LogP contribution in [0.5, 0.6) is 0 Å². The number of rotatable bonds is 5. The average molecular weight is 372 g/mol. The van der Waals surface area contributed by atoms with E-state index in [2.05, 4.69) is 10.00 Å². The molecule has 3 rings (SSSR count). The Morgan fingerprint density at radius 1 is 1.24 bits per heavy atom. The van der Waals surface area contributed by atoms with Crippen molar-refractivity contribution in [3.63, 3.8) is 0 Å². The largest absolute Gasteiger partial charge is 0.373 e. The Morgan fingerprint density at radius 3 is 2.56 bits per heavy atom. The van der Waals surface area contributed by atoms with Crippen LogP contribution in [-0.4, -0.2) is 84.7 Å². The fourth-order valence-corrected chi connectivity index (χ4v) is 4.97. The molecule has 0 aromatic carbocycles. The van der Waals surface area contributed by atoms with Crippen molar-refractivity contribution in [2.75, 3.05) is 46.9 Å². The molecule has 2 aliphatic rings. The number of morpholine rings is 1. The predicted octanol–water partition coefficient (Wildman–Crippen LogP) is 0.454. The van der Waals surface area contributed by atoms with Gasteiger partial charge >= 0.3 is 0 Å². The quantitative estimate of drug-likeness (QED) is 0.752. The molecule has 1 aromatic heterocycles. The van der Waals surface area contributed by atoms with E-state index in [4.69, 9.17) is 4.74 Å². The minimum Gasteiger partial charge on any atom is -0.373 e. The number of aryl methyl sites for hydroxylation is 1. The summed E-state index contributed by atoms with van der Waals surface area (Å²) in [5.74, 6) is 0. The van der Waals surface area contributed by atoms with E-state index in [1.807, 2.05) is 13.2 Å². The Labute approximate surface area is 150 Å². The maximum Gasteiger partial charge on any atom is 0.282 e. The first-order valence-electron chi connectivity index (χ1n) is 8.91. The zero-order valence-electron chi connectivity index (χ0n) is 15.3. The molecule has 0 N–H and O–H groups in total. The molecule has 0 aliphatic carbocycles. The predicted molar refractivity (Wildman–Crippen MR) is 95.3 cm³/mol. The highest BCUT2D eigenvalue weighted by Gasteiger charge is 2.42. The molecule has 8 nitrogen and oxygen atoms in total. The summed E-state index contributed by atoms with van der Waals surface area (Å²) >= 11 is 0. The standard InChI is InChI=1S/C16H29N5O3S/c1-18(2)25(22,23)21-9-10-24-15(13-20-7-5-4-6-8-20)16(21)14-11-17-19(3)12-14/h11-12,15-16H,4-10,13H2,1-3H3/t15-,16-/m0/s1. The molecule has 2 aliphatic heterocycles. The van der Waals surface area contributed by atoms with Crippen LogP contribution < -0.4 is 0 Å². The smallest absolute Gasteiger partial charge is 0.282 e. The first kappa shape index (κ1) is 18.8. The summed E-state index contributed by atoms with van der Waals surface area (Å²) < 4.78 is 36.4. The van der Waals surface area contributed by atoms with Gasteiger partial charge in [0.2, 0.25) is 0 Å². The molecule has 9 heteroatoms. The van der Waals surface area contributed by atoms with Gasteiger partial charge in [-0.25, -0.2) is 0 Å². The van der Waals surface area contributed by atoms with Crippen LogP contribution in [0.15, 0.2) is 12.4 Å². The van der Waals surface area contributed by atoms with Gasteiger partial charge in [-0.15, -0.1) is 0 Å². The van der Waals surface area contributed by atoms with Gasteiger partial charge in [0.05, 0.1) is 24.9 Å². The molecule has 142 valence electrons. The molecule has 25 heavy (non-hydrogen) atoms. The number of likely N-dealkylation sites (tertiary alicyclic amines) is 1. The monoisotopic (exact) mass is 371 g/mol. The van der Waals surface area contributed by atoms with E-state index in [-0.39, 0.29) is 12.1 Å². The van der Waals surface area contributed by atoms with Gasteiger partial charge in [-0.1, -0.05) is 6.42 Å². The summed E-state index contributed by atoms with van der Waals surface area (Å²) in [5.41, 5.74) is 0.884. The third-order valence-electron chi connectivity index (χ3n) is 5.02. The molecule has 0 bridgehead atoms. The molecular formula is C16H29N5O3S. The van der Waals surface area contributed by atoms with E-state index >= 15 is 0 Å². The van der Waals surface area contributed by atoms with Crippen molar-refractivity contribution >= 4 is 10.2 Å². The van der Waals surface area contributed by atoms with Gasteiger partial charge in [0.1, 0.15) is 0 Å². The first-order chi connectivity index (χ1) is 11.9. The molecule has 0 unspecified atom stereocenters. The summed E-state index contributed by atoms with van der Waals surface area (Å²) in [7, 11) is 1.46. The van der Waals surface area contributed by atoms with Crippen molar-refractivity contribution in [2.45, 2.75) is 31.4 Å². The average Bonchev–Trinajstić information content (AvgIpc) is 3.01. The maximum absolute atomic E-state index is 12.9. The SMILES string of the molecule is CN(C)S(=O)(=O)N1CCO[C@@H](CN2CCCCC2)[C@@H]1c1cnn(C)c1. The zero-order valence-corrected chi connectivity index (χ0v) is 16.2. The molecule has 2 atom stereocenters. The molecule has 0 amide bonds. The molecule has 0 spiro atoms. The van der Waals surface area contributed by atoms with Crippen molar-refractivity contribution in [3.8, 4) is 0 Å². The van der Waals surface area contributed by atoms with Crippen LogP contribution in [0.25, 0.3) is 0 Å². The Morgan fingerprint density at radius 2 is 1.96 bits per heavy atom. The normalized spacial score (nSPS) is 27.0. The summed E-state index contributed by atoms with van der Waals surface area (Å²) in [6, 6.07) is -0.350. The van der Waals surface area contributed by atoms with Gasteiger partial charge in [0, 0.05) is 46.0 Å². The Bertz CT molecular complexity index is 669. The molecule has 2 fully saturated rings. The van der Waals surface area contributed by atoms with E-state index in [9.17, 15) is 8.42 Å². The van der Waals surface area contributed by atoms with E-state index in [0.717, 1.165) is 25.2 Å². The lowest BCUT2D eigenvalue weighted by atomic mass is 10.0. The van der Waals surface area contributed by atoms with Crippen LogP contribution in [0, 0.1) is 0 Å². The minimum absolute atomic E-state index is 0.189. The minimum atomic E-state index is -3.53. The van der Waals surface area contributed by atoms with Crippen molar-refractivity contribution < 1.29 is 13.2 Å². The second-order valence-corrected chi connectivity index (χ2v) is 9.16. The molecule has 0 saturated carbocycles. The van der Waals surface area contributed by atoms with Crippen LogP contribution >= 0.6 is 0 Å². The summed E-state index contributed by atoms with van der Waals surface area (Å²) in [4.78, 5) is 2.39. The van der Waals surface area contributed by atoms with Crippen LogP contribution in [0.1, 0.15) is 30.9 Å². The lowest BCUT2D eigenvalue weighted by Gasteiger charge is -2.42. The van der Waals surface area contributed by atoms with Gasteiger partial charge in [0.25, 0.3) is 10.2 Å². The molecule has 1 aromatic rings. The number of nitrogens with zero attached hydrogens (tertiary/aromatic N) is 5. The topological polar surface area (TPSA) is 70.9 Å². The Balaban J connectivity index is 1.89. The summed E-state index contributed by atoms with van der Waals surface area (Å²) in [6.45, 7) is 3.64. The Hall–Kier alpha value is -1.00.